The summed E-state index contributed by atoms with van der Waals surface area (Å²) in [5.74, 6) is 0. The molecule has 0 aliphatic carbocycles. The Bertz CT molecular complexity index is 748. The predicted octanol–water partition coefficient (Wildman–Crippen LogP) is 3.54. The summed E-state index contributed by atoms with van der Waals surface area (Å²) in [5.41, 5.74) is 1.30. The number of benzene rings is 1. The average Bonchev–Trinajstić information content (AvgIpc) is 2.72. The second-order valence-corrected chi connectivity index (χ2v) is 7.09. The van der Waals surface area contributed by atoms with Crippen molar-refractivity contribution < 1.29 is 21.6 Å². The molecule has 0 saturated heterocycles. The van der Waals surface area contributed by atoms with Gasteiger partial charge < -0.3 is 0 Å². The van der Waals surface area contributed by atoms with Crippen LogP contribution in [0.2, 0.25) is 0 Å². The largest absolute Gasteiger partial charge is 0.417 e. The van der Waals surface area contributed by atoms with E-state index in [0.29, 0.717) is 16.1 Å². The Morgan fingerprint density at radius 3 is 2.35 bits per heavy atom. The van der Waals surface area contributed by atoms with Crippen molar-refractivity contribution in [2.24, 2.45) is 0 Å². The topological polar surface area (TPSA) is 47.0 Å². The quantitative estimate of drug-likeness (QED) is 0.850. The molecule has 1 heterocycles. The minimum Gasteiger partial charge on any atom is -0.249 e. The first-order valence-corrected chi connectivity index (χ1v) is 8.19. The van der Waals surface area contributed by atoms with Gasteiger partial charge in [0.1, 0.15) is 0 Å². The maximum Gasteiger partial charge on any atom is 0.417 e. The Hall–Kier alpha value is -1.41. The molecule has 20 heavy (non-hydrogen) atoms. The Morgan fingerprint density at radius 2 is 1.90 bits per heavy atom. The summed E-state index contributed by atoms with van der Waals surface area (Å²) in [5, 5.41) is 0. The van der Waals surface area contributed by atoms with Gasteiger partial charge in [0.25, 0.3) is 0 Å². The van der Waals surface area contributed by atoms with Crippen LogP contribution < -0.4 is 0 Å². The van der Waals surface area contributed by atoms with E-state index >= 15 is 0 Å². The molecular formula is C12H10F3NO2S2. The standard InChI is InChI=1S/C12H10F3NO2S2/c1-7-11(19-6-16-7)8-3-4-10(20(2,17)18)9(5-8)12(13,14)15/h3-6H,1-2H3. The van der Waals surface area contributed by atoms with Gasteiger partial charge in [0, 0.05) is 6.26 Å². The molecule has 0 saturated carbocycles. The highest BCUT2D eigenvalue weighted by molar-refractivity contribution is 7.90. The first-order valence-electron chi connectivity index (χ1n) is 5.42. The van der Waals surface area contributed by atoms with E-state index in [1.807, 2.05) is 0 Å². The van der Waals surface area contributed by atoms with Gasteiger partial charge in [-0.15, -0.1) is 11.3 Å². The van der Waals surface area contributed by atoms with Crippen molar-refractivity contribution in [1.82, 2.24) is 4.98 Å². The zero-order chi connectivity index (χ0) is 15.1. The fourth-order valence-electron chi connectivity index (χ4n) is 1.80. The molecule has 8 heteroatoms. The predicted molar refractivity (Wildman–Crippen MR) is 70.4 cm³/mol. The molecule has 2 aromatic rings. The van der Waals surface area contributed by atoms with Crippen LogP contribution in [-0.2, 0) is 16.0 Å². The molecule has 1 aromatic carbocycles. The first kappa shape index (κ1) is 15.0. The molecule has 0 spiro atoms. The summed E-state index contributed by atoms with van der Waals surface area (Å²) < 4.78 is 62.0. The molecule has 0 atom stereocenters. The van der Waals surface area contributed by atoms with Crippen LogP contribution in [0.3, 0.4) is 0 Å². The molecule has 0 bridgehead atoms. The Balaban J connectivity index is 2.71. The van der Waals surface area contributed by atoms with Crippen LogP contribution in [0.4, 0.5) is 13.2 Å². The van der Waals surface area contributed by atoms with E-state index in [9.17, 15) is 21.6 Å². The molecule has 1 aromatic heterocycles. The van der Waals surface area contributed by atoms with Gasteiger partial charge >= 0.3 is 6.18 Å². The van der Waals surface area contributed by atoms with Gasteiger partial charge in [-0.25, -0.2) is 13.4 Å². The van der Waals surface area contributed by atoms with E-state index in [0.717, 1.165) is 18.4 Å². The van der Waals surface area contributed by atoms with Crippen LogP contribution >= 0.6 is 11.3 Å². The Morgan fingerprint density at radius 1 is 1.25 bits per heavy atom. The lowest BCUT2D eigenvalue weighted by Gasteiger charge is -2.13. The van der Waals surface area contributed by atoms with Crippen LogP contribution in [0, 0.1) is 6.92 Å². The van der Waals surface area contributed by atoms with Crippen molar-refractivity contribution in [3.8, 4) is 10.4 Å². The third kappa shape index (κ3) is 2.85. The van der Waals surface area contributed by atoms with Gasteiger partial charge in [-0.3, -0.25) is 0 Å². The van der Waals surface area contributed by atoms with Crippen molar-refractivity contribution in [3.05, 3.63) is 35.0 Å². The first-order chi connectivity index (χ1) is 9.10. The third-order valence-electron chi connectivity index (χ3n) is 2.69. The van der Waals surface area contributed by atoms with Crippen LogP contribution in [0.1, 0.15) is 11.3 Å². The number of hydrogen-bond donors (Lipinski definition) is 0. The molecule has 0 aliphatic rings. The summed E-state index contributed by atoms with van der Waals surface area (Å²) in [6, 6.07) is 3.22. The summed E-state index contributed by atoms with van der Waals surface area (Å²) in [7, 11) is -3.94. The number of aromatic nitrogens is 1. The molecule has 0 amide bonds. The summed E-state index contributed by atoms with van der Waals surface area (Å²) in [6.45, 7) is 1.68. The number of alkyl halides is 3. The molecule has 0 unspecified atom stereocenters. The van der Waals surface area contributed by atoms with Crippen LogP contribution in [0.25, 0.3) is 10.4 Å². The SMILES string of the molecule is Cc1ncsc1-c1ccc(S(C)(=O)=O)c(C(F)(F)F)c1. The number of nitrogens with zero attached hydrogens (tertiary/aromatic N) is 1. The molecular weight excluding hydrogens is 311 g/mol. The zero-order valence-corrected chi connectivity index (χ0v) is 12.2. The van der Waals surface area contributed by atoms with Crippen molar-refractivity contribution >= 4 is 21.2 Å². The molecule has 2 rings (SSSR count). The van der Waals surface area contributed by atoms with Gasteiger partial charge in [0.15, 0.2) is 9.84 Å². The molecule has 0 fully saturated rings. The van der Waals surface area contributed by atoms with E-state index in [2.05, 4.69) is 4.98 Å². The lowest BCUT2D eigenvalue weighted by atomic mass is 10.1. The summed E-state index contributed by atoms with van der Waals surface area (Å²) in [4.78, 5) is 3.86. The molecule has 0 N–H and O–H groups in total. The number of halogens is 3. The van der Waals surface area contributed by atoms with E-state index < -0.39 is 26.5 Å². The third-order valence-corrected chi connectivity index (χ3v) is 4.82. The van der Waals surface area contributed by atoms with Gasteiger partial charge in [-0.2, -0.15) is 13.2 Å². The number of aryl methyl sites for hydroxylation is 1. The molecule has 0 aliphatic heterocycles. The van der Waals surface area contributed by atoms with E-state index in [1.54, 1.807) is 6.92 Å². The highest BCUT2D eigenvalue weighted by Crippen LogP contribution is 2.38. The number of hydrogen-bond acceptors (Lipinski definition) is 4. The minimum atomic E-state index is -4.73. The van der Waals surface area contributed by atoms with Gasteiger partial charge in [0.05, 0.1) is 26.5 Å². The van der Waals surface area contributed by atoms with Crippen LogP contribution in [-0.4, -0.2) is 19.7 Å². The highest BCUT2D eigenvalue weighted by atomic mass is 32.2. The average molecular weight is 321 g/mol. The number of thiazole rings is 1. The molecule has 0 radical (unpaired) electrons. The maximum absolute atomic E-state index is 13.0. The molecule has 3 nitrogen and oxygen atoms in total. The monoisotopic (exact) mass is 321 g/mol. The van der Waals surface area contributed by atoms with E-state index in [-0.39, 0.29) is 0 Å². The van der Waals surface area contributed by atoms with E-state index in [4.69, 9.17) is 0 Å². The fraction of sp³-hybridized carbons (Fsp3) is 0.250. The van der Waals surface area contributed by atoms with Gasteiger partial charge in [-0.05, 0) is 24.6 Å². The lowest BCUT2D eigenvalue weighted by Crippen LogP contribution is -2.12. The number of sulfone groups is 1. The van der Waals surface area contributed by atoms with Crippen LogP contribution in [0.5, 0.6) is 0 Å². The summed E-state index contributed by atoms with van der Waals surface area (Å²) >= 11 is 1.21. The highest BCUT2D eigenvalue weighted by Gasteiger charge is 2.36. The van der Waals surface area contributed by atoms with Gasteiger partial charge in [0.2, 0.25) is 0 Å². The van der Waals surface area contributed by atoms with Crippen molar-refractivity contribution in [1.29, 1.82) is 0 Å². The normalized spacial score (nSPS) is 12.7. The Kier molecular flexibility index (Phi) is 3.64. The lowest BCUT2D eigenvalue weighted by molar-refractivity contribution is -0.139. The Labute approximate surface area is 118 Å². The van der Waals surface area contributed by atoms with Crippen molar-refractivity contribution in [2.75, 3.05) is 6.26 Å². The van der Waals surface area contributed by atoms with Crippen LogP contribution in [0.15, 0.2) is 28.6 Å². The van der Waals surface area contributed by atoms with Gasteiger partial charge in [-0.1, -0.05) is 6.07 Å². The van der Waals surface area contributed by atoms with Crippen molar-refractivity contribution in [2.45, 2.75) is 18.0 Å². The summed E-state index contributed by atoms with van der Waals surface area (Å²) in [6.07, 6.45) is -3.97. The maximum atomic E-state index is 13.0. The van der Waals surface area contributed by atoms with E-state index in [1.165, 1.54) is 22.9 Å². The zero-order valence-electron chi connectivity index (χ0n) is 10.5. The van der Waals surface area contributed by atoms with Crippen molar-refractivity contribution in [3.63, 3.8) is 0 Å². The fourth-order valence-corrected chi connectivity index (χ4v) is 3.49. The molecule has 108 valence electrons. The number of rotatable bonds is 2. The smallest absolute Gasteiger partial charge is 0.249 e. The second-order valence-electron chi connectivity index (χ2n) is 4.25. The minimum absolute atomic E-state index is 0.310. The second kappa shape index (κ2) is 4.85.